The zero-order valence-corrected chi connectivity index (χ0v) is 11.9. The van der Waals surface area contributed by atoms with E-state index in [0.29, 0.717) is 18.1 Å². The molecule has 0 radical (unpaired) electrons. The van der Waals surface area contributed by atoms with E-state index in [-0.39, 0.29) is 6.04 Å². The zero-order valence-electron chi connectivity index (χ0n) is 11.1. The molecule has 0 aliphatic heterocycles. The quantitative estimate of drug-likeness (QED) is 0.798. The van der Waals surface area contributed by atoms with E-state index >= 15 is 0 Å². The van der Waals surface area contributed by atoms with E-state index in [1.54, 1.807) is 11.3 Å². The predicted octanol–water partition coefficient (Wildman–Crippen LogP) is 3.35. The number of hydrogen-bond donors (Lipinski definition) is 1. The molecule has 20 heavy (non-hydrogen) atoms. The lowest BCUT2D eigenvalue weighted by Crippen LogP contribution is -2.13. The number of nitrogens with two attached hydrogens (primary N) is 1. The van der Waals surface area contributed by atoms with E-state index in [1.165, 1.54) is 0 Å². The van der Waals surface area contributed by atoms with Gasteiger partial charge in [-0.1, -0.05) is 35.5 Å². The first-order valence-electron chi connectivity index (χ1n) is 6.40. The van der Waals surface area contributed by atoms with Gasteiger partial charge < -0.3 is 10.3 Å². The van der Waals surface area contributed by atoms with Crippen LogP contribution in [0.2, 0.25) is 0 Å². The number of aromatic nitrogens is 2. The minimum Gasteiger partial charge on any atom is -0.337 e. The van der Waals surface area contributed by atoms with Gasteiger partial charge in [-0.3, -0.25) is 0 Å². The van der Waals surface area contributed by atoms with Crippen LogP contribution in [0.25, 0.3) is 11.4 Å². The van der Waals surface area contributed by atoms with E-state index in [4.69, 9.17) is 10.3 Å². The van der Waals surface area contributed by atoms with Crippen molar-refractivity contribution in [3.63, 3.8) is 0 Å². The van der Waals surface area contributed by atoms with Crippen LogP contribution in [0.3, 0.4) is 0 Å². The summed E-state index contributed by atoms with van der Waals surface area (Å²) in [5.74, 6) is 1.09. The summed E-state index contributed by atoms with van der Waals surface area (Å²) in [5.41, 5.74) is 9.46. The van der Waals surface area contributed by atoms with Gasteiger partial charge in [-0.15, -0.1) is 0 Å². The Labute approximate surface area is 121 Å². The Morgan fingerprint density at radius 1 is 1.25 bits per heavy atom. The molecule has 0 aliphatic carbocycles. The lowest BCUT2D eigenvalue weighted by atomic mass is 10.1. The van der Waals surface area contributed by atoms with Crippen molar-refractivity contribution < 1.29 is 4.52 Å². The Bertz CT molecular complexity index is 690. The van der Waals surface area contributed by atoms with Crippen LogP contribution < -0.4 is 5.73 Å². The molecule has 4 nitrogen and oxygen atoms in total. The smallest absolute Gasteiger partial charge is 0.244 e. The Kier molecular flexibility index (Phi) is 3.62. The third kappa shape index (κ3) is 2.64. The lowest BCUT2D eigenvalue weighted by molar-refractivity contribution is 0.354. The summed E-state index contributed by atoms with van der Waals surface area (Å²) in [7, 11) is 0. The molecule has 1 atom stereocenters. The SMILES string of the molecule is Cc1cscc1-c1noc([C@H](N)Cc2ccccc2)n1. The Morgan fingerprint density at radius 2 is 2.05 bits per heavy atom. The van der Waals surface area contributed by atoms with Gasteiger partial charge in [0.15, 0.2) is 0 Å². The molecule has 0 unspecified atom stereocenters. The largest absolute Gasteiger partial charge is 0.337 e. The molecule has 0 amide bonds. The second-order valence-electron chi connectivity index (χ2n) is 4.72. The summed E-state index contributed by atoms with van der Waals surface area (Å²) in [4.78, 5) is 4.41. The van der Waals surface area contributed by atoms with Gasteiger partial charge in [-0.05, 0) is 29.9 Å². The number of benzene rings is 1. The molecule has 3 aromatic rings. The molecule has 2 N–H and O–H groups in total. The molecule has 0 bridgehead atoms. The van der Waals surface area contributed by atoms with Crippen LogP contribution in [-0.4, -0.2) is 10.1 Å². The fourth-order valence-electron chi connectivity index (χ4n) is 2.04. The summed E-state index contributed by atoms with van der Waals surface area (Å²) in [6.45, 7) is 2.03. The summed E-state index contributed by atoms with van der Waals surface area (Å²) < 4.78 is 5.30. The topological polar surface area (TPSA) is 64.9 Å². The Hall–Kier alpha value is -1.98. The van der Waals surface area contributed by atoms with Gasteiger partial charge in [0.25, 0.3) is 0 Å². The first kappa shape index (κ1) is 13.0. The van der Waals surface area contributed by atoms with Gasteiger partial charge >= 0.3 is 0 Å². The van der Waals surface area contributed by atoms with Crippen molar-refractivity contribution in [2.45, 2.75) is 19.4 Å². The van der Waals surface area contributed by atoms with Crippen LogP contribution in [0.1, 0.15) is 23.1 Å². The highest BCUT2D eigenvalue weighted by atomic mass is 32.1. The Balaban J connectivity index is 1.78. The summed E-state index contributed by atoms with van der Waals surface area (Å²) in [6.07, 6.45) is 0.686. The highest BCUT2D eigenvalue weighted by Gasteiger charge is 2.17. The fourth-order valence-corrected chi connectivity index (χ4v) is 2.87. The molecule has 0 saturated heterocycles. The molecule has 102 valence electrons. The molecular weight excluding hydrogens is 270 g/mol. The molecule has 2 aromatic heterocycles. The van der Waals surface area contributed by atoms with E-state index in [1.807, 2.05) is 42.6 Å². The lowest BCUT2D eigenvalue weighted by Gasteiger charge is -2.05. The first-order valence-corrected chi connectivity index (χ1v) is 7.34. The van der Waals surface area contributed by atoms with Crippen molar-refractivity contribution in [3.05, 3.63) is 58.1 Å². The second-order valence-corrected chi connectivity index (χ2v) is 5.46. The highest BCUT2D eigenvalue weighted by molar-refractivity contribution is 7.08. The number of aryl methyl sites for hydroxylation is 1. The summed E-state index contributed by atoms with van der Waals surface area (Å²) in [6, 6.07) is 9.78. The number of hydrogen-bond acceptors (Lipinski definition) is 5. The molecule has 0 saturated carbocycles. The van der Waals surface area contributed by atoms with Crippen molar-refractivity contribution in [3.8, 4) is 11.4 Å². The van der Waals surface area contributed by atoms with Crippen molar-refractivity contribution in [1.82, 2.24) is 10.1 Å². The minimum absolute atomic E-state index is 0.280. The molecular formula is C15H15N3OS. The van der Waals surface area contributed by atoms with E-state index in [2.05, 4.69) is 15.5 Å². The molecule has 0 spiro atoms. The van der Waals surface area contributed by atoms with Gasteiger partial charge in [-0.25, -0.2) is 0 Å². The van der Waals surface area contributed by atoms with Gasteiger partial charge in [-0.2, -0.15) is 16.3 Å². The standard InChI is InChI=1S/C15H15N3OS/c1-10-8-20-9-12(10)14-17-15(19-18-14)13(16)7-11-5-3-2-4-6-11/h2-6,8-9,13H,7,16H2,1H3/t13-/m1/s1. The van der Waals surface area contributed by atoms with E-state index < -0.39 is 0 Å². The van der Waals surface area contributed by atoms with Gasteiger partial charge in [0.05, 0.1) is 6.04 Å². The van der Waals surface area contributed by atoms with Crippen LogP contribution in [0.15, 0.2) is 45.6 Å². The minimum atomic E-state index is -0.280. The average molecular weight is 285 g/mol. The summed E-state index contributed by atoms with van der Waals surface area (Å²) >= 11 is 1.63. The normalized spacial score (nSPS) is 12.5. The number of nitrogens with zero attached hydrogens (tertiary/aromatic N) is 2. The highest BCUT2D eigenvalue weighted by Crippen LogP contribution is 2.25. The maximum Gasteiger partial charge on any atom is 0.244 e. The van der Waals surface area contributed by atoms with Crippen molar-refractivity contribution >= 4 is 11.3 Å². The molecule has 0 fully saturated rings. The van der Waals surface area contributed by atoms with Crippen LogP contribution in [0.4, 0.5) is 0 Å². The maximum atomic E-state index is 6.14. The Morgan fingerprint density at radius 3 is 2.75 bits per heavy atom. The van der Waals surface area contributed by atoms with Crippen molar-refractivity contribution in [2.75, 3.05) is 0 Å². The predicted molar refractivity (Wildman–Crippen MR) is 79.4 cm³/mol. The van der Waals surface area contributed by atoms with E-state index in [0.717, 1.165) is 16.7 Å². The monoisotopic (exact) mass is 285 g/mol. The molecule has 3 rings (SSSR count). The van der Waals surface area contributed by atoms with Gasteiger partial charge in [0, 0.05) is 10.9 Å². The fraction of sp³-hybridized carbons (Fsp3) is 0.200. The van der Waals surface area contributed by atoms with Gasteiger partial charge in [0.2, 0.25) is 11.7 Å². The second kappa shape index (κ2) is 5.56. The first-order chi connectivity index (χ1) is 9.74. The van der Waals surface area contributed by atoms with Crippen molar-refractivity contribution in [2.24, 2.45) is 5.73 Å². The number of thiophene rings is 1. The molecule has 0 aliphatic rings. The van der Waals surface area contributed by atoms with Crippen LogP contribution in [0.5, 0.6) is 0 Å². The van der Waals surface area contributed by atoms with E-state index in [9.17, 15) is 0 Å². The third-order valence-corrected chi connectivity index (χ3v) is 4.02. The average Bonchev–Trinajstić information content (AvgIpc) is 3.08. The molecule has 1 aromatic carbocycles. The molecule has 5 heteroatoms. The van der Waals surface area contributed by atoms with Crippen LogP contribution >= 0.6 is 11.3 Å². The molecule has 2 heterocycles. The zero-order chi connectivity index (χ0) is 13.9. The van der Waals surface area contributed by atoms with Crippen molar-refractivity contribution in [1.29, 1.82) is 0 Å². The van der Waals surface area contributed by atoms with Crippen LogP contribution in [0, 0.1) is 6.92 Å². The van der Waals surface area contributed by atoms with Gasteiger partial charge in [0.1, 0.15) is 0 Å². The van der Waals surface area contributed by atoms with Crippen LogP contribution in [-0.2, 0) is 6.42 Å². The third-order valence-electron chi connectivity index (χ3n) is 3.15. The number of rotatable bonds is 4. The maximum absolute atomic E-state index is 6.14. The summed E-state index contributed by atoms with van der Waals surface area (Å²) in [5, 5.41) is 8.11.